The molecule has 0 unspecified atom stereocenters. The lowest BCUT2D eigenvalue weighted by Gasteiger charge is -2.06. The Hall–Kier alpha value is -3.14. The summed E-state index contributed by atoms with van der Waals surface area (Å²) in [5.74, 6) is -0.198. The summed E-state index contributed by atoms with van der Waals surface area (Å²) >= 11 is 0. The largest absolute Gasteiger partial charge is 0.326 e. The molecule has 0 bridgehead atoms. The van der Waals surface area contributed by atoms with E-state index >= 15 is 0 Å². The molecule has 7 heteroatoms. The van der Waals surface area contributed by atoms with Gasteiger partial charge in [-0.2, -0.15) is 5.26 Å². The van der Waals surface area contributed by atoms with Gasteiger partial charge in [-0.1, -0.05) is 0 Å². The molecular weight excluding hydrogens is 284 g/mol. The minimum atomic E-state index is -0.360. The molecule has 0 spiro atoms. The minimum Gasteiger partial charge on any atom is -0.326 e. The van der Waals surface area contributed by atoms with Crippen LogP contribution in [0.2, 0.25) is 0 Å². The Morgan fingerprint density at radius 2 is 1.91 bits per heavy atom. The van der Waals surface area contributed by atoms with Gasteiger partial charge in [0.2, 0.25) is 5.91 Å². The lowest BCUT2D eigenvalue weighted by atomic mass is 10.2. The van der Waals surface area contributed by atoms with E-state index < -0.39 is 0 Å². The number of rotatable bonds is 5. The zero-order valence-electron chi connectivity index (χ0n) is 11.7. The number of nitrogens with one attached hydrogen (secondary N) is 2. The number of benzene rings is 1. The number of nitrogens with zero attached hydrogens (tertiary/aromatic N) is 2. The number of aromatic nitrogens is 2. The van der Waals surface area contributed by atoms with Crippen molar-refractivity contribution in [2.75, 3.05) is 5.32 Å². The number of carbonyl (C=O) groups is 1. The second kappa shape index (κ2) is 7.04. The second-order valence-electron chi connectivity index (χ2n) is 4.64. The first kappa shape index (κ1) is 15.3. The van der Waals surface area contributed by atoms with Gasteiger partial charge in [0.05, 0.1) is 11.6 Å². The van der Waals surface area contributed by atoms with E-state index in [-0.39, 0.29) is 30.0 Å². The van der Waals surface area contributed by atoms with Gasteiger partial charge in [-0.3, -0.25) is 24.2 Å². The maximum atomic E-state index is 11.8. The van der Waals surface area contributed by atoms with Gasteiger partial charge in [0.1, 0.15) is 0 Å². The van der Waals surface area contributed by atoms with E-state index in [2.05, 4.69) is 10.4 Å². The summed E-state index contributed by atoms with van der Waals surface area (Å²) in [5.41, 5.74) is 0.452. The molecular formula is C15H14N4O3. The molecule has 2 N–H and O–H groups in total. The van der Waals surface area contributed by atoms with Gasteiger partial charge in [0.25, 0.3) is 11.1 Å². The summed E-state index contributed by atoms with van der Waals surface area (Å²) < 4.78 is 1.18. The van der Waals surface area contributed by atoms with Crippen LogP contribution in [0.1, 0.15) is 18.4 Å². The van der Waals surface area contributed by atoms with Crippen LogP contribution in [-0.4, -0.2) is 15.7 Å². The lowest BCUT2D eigenvalue weighted by molar-refractivity contribution is -0.116. The van der Waals surface area contributed by atoms with E-state index in [9.17, 15) is 14.4 Å². The number of aryl methyl sites for hydroxylation is 1. The zero-order valence-corrected chi connectivity index (χ0v) is 11.7. The SMILES string of the molecule is N#Cc1ccc(NC(=O)CCCn2[nH]c(=O)ccc2=O)cc1. The van der Waals surface area contributed by atoms with E-state index in [0.717, 1.165) is 6.07 Å². The van der Waals surface area contributed by atoms with Crippen molar-refractivity contribution in [3.8, 4) is 6.07 Å². The lowest BCUT2D eigenvalue weighted by Crippen LogP contribution is -2.28. The first-order valence-corrected chi connectivity index (χ1v) is 6.69. The highest BCUT2D eigenvalue weighted by Gasteiger charge is 2.04. The van der Waals surface area contributed by atoms with Gasteiger partial charge in [0, 0.05) is 30.8 Å². The molecule has 0 fully saturated rings. The molecule has 1 amide bonds. The predicted octanol–water partition coefficient (Wildman–Crippen LogP) is 0.827. The van der Waals surface area contributed by atoms with Gasteiger partial charge in [0.15, 0.2) is 0 Å². The van der Waals surface area contributed by atoms with E-state index in [1.807, 2.05) is 6.07 Å². The van der Waals surface area contributed by atoms with E-state index in [4.69, 9.17) is 5.26 Å². The topological polar surface area (TPSA) is 108 Å². The molecule has 0 aliphatic carbocycles. The van der Waals surface area contributed by atoms with Crippen LogP contribution in [0.5, 0.6) is 0 Å². The molecule has 1 aromatic carbocycles. The number of H-pyrrole nitrogens is 1. The standard InChI is InChI=1S/C15H14N4O3/c16-10-11-3-5-12(6-4-11)17-13(20)2-1-9-19-15(22)8-7-14(21)18-19/h3-8H,1-2,9H2,(H,17,20)(H,18,21). The smallest absolute Gasteiger partial charge is 0.265 e. The maximum absolute atomic E-state index is 11.8. The summed E-state index contributed by atoms with van der Waals surface area (Å²) in [6.45, 7) is 0.260. The quantitative estimate of drug-likeness (QED) is 0.852. The van der Waals surface area contributed by atoms with Crippen LogP contribution >= 0.6 is 0 Å². The van der Waals surface area contributed by atoms with Crippen molar-refractivity contribution < 1.29 is 4.79 Å². The molecule has 7 nitrogen and oxygen atoms in total. The molecule has 2 aromatic rings. The van der Waals surface area contributed by atoms with Gasteiger partial charge in [-0.15, -0.1) is 0 Å². The van der Waals surface area contributed by atoms with Gasteiger partial charge >= 0.3 is 0 Å². The highest BCUT2D eigenvalue weighted by Crippen LogP contribution is 2.09. The first-order valence-electron chi connectivity index (χ1n) is 6.69. The Balaban J connectivity index is 1.85. The van der Waals surface area contributed by atoms with Crippen LogP contribution < -0.4 is 16.4 Å². The fourth-order valence-corrected chi connectivity index (χ4v) is 1.88. The molecule has 112 valence electrons. The molecule has 0 atom stereocenters. The van der Waals surface area contributed by atoms with Crippen molar-refractivity contribution in [3.05, 3.63) is 62.7 Å². The predicted molar refractivity (Wildman–Crippen MR) is 80.3 cm³/mol. The second-order valence-corrected chi connectivity index (χ2v) is 4.64. The van der Waals surface area contributed by atoms with E-state index in [0.29, 0.717) is 17.7 Å². The number of amides is 1. The maximum Gasteiger partial charge on any atom is 0.265 e. The van der Waals surface area contributed by atoms with Crippen LogP contribution in [0, 0.1) is 11.3 Å². The minimum absolute atomic E-state index is 0.198. The highest BCUT2D eigenvalue weighted by atomic mass is 16.2. The zero-order chi connectivity index (χ0) is 15.9. The molecule has 1 aromatic heterocycles. The Morgan fingerprint density at radius 1 is 1.18 bits per heavy atom. The highest BCUT2D eigenvalue weighted by molar-refractivity contribution is 5.90. The van der Waals surface area contributed by atoms with Gasteiger partial charge < -0.3 is 5.32 Å². The molecule has 0 aliphatic rings. The summed E-state index contributed by atoms with van der Waals surface area (Å²) in [5, 5.41) is 13.8. The van der Waals surface area contributed by atoms with Crippen LogP contribution in [0.3, 0.4) is 0 Å². The van der Waals surface area contributed by atoms with Gasteiger partial charge in [-0.25, -0.2) is 0 Å². The van der Waals surface area contributed by atoms with Crippen LogP contribution in [-0.2, 0) is 11.3 Å². The monoisotopic (exact) mass is 298 g/mol. The average Bonchev–Trinajstić information content (AvgIpc) is 2.51. The summed E-state index contributed by atoms with van der Waals surface area (Å²) in [6, 6.07) is 10.9. The van der Waals surface area contributed by atoms with Crippen molar-refractivity contribution >= 4 is 11.6 Å². The molecule has 0 radical (unpaired) electrons. The number of carbonyl (C=O) groups excluding carboxylic acids is 1. The van der Waals surface area contributed by atoms with Crippen molar-refractivity contribution in [2.45, 2.75) is 19.4 Å². The summed E-state index contributed by atoms with van der Waals surface area (Å²) in [7, 11) is 0. The van der Waals surface area contributed by atoms with Crippen molar-refractivity contribution in [1.82, 2.24) is 9.78 Å². The third kappa shape index (κ3) is 4.18. The molecule has 0 aliphatic heterocycles. The molecule has 2 rings (SSSR count). The van der Waals surface area contributed by atoms with Gasteiger partial charge in [-0.05, 0) is 30.7 Å². The molecule has 0 saturated heterocycles. The van der Waals surface area contributed by atoms with Crippen LogP contribution in [0.4, 0.5) is 5.69 Å². The Kier molecular flexibility index (Phi) is 4.88. The Morgan fingerprint density at radius 3 is 2.59 bits per heavy atom. The average molecular weight is 298 g/mol. The summed E-state index contributed by atoms with van der Waals surface area (Å²) in [4.78, 5) is 34.4. The van der Waals surface area contributed by atoms with Crippen LogP contribution in [0.25, 0.3) is 0 Å². The molecule has 0 saturated carbocycles. The number of anilines is 1. The summed E-state index contributed by atoms with van der Waals surface area (Å²) in [6.07, 6.45) is 0.630. The van der Waals surface area contributed by atoms with Crippen molar-refractivity contribution in [3.63, 3.8) is 0 Å². The van der Waals surface area contributed by atoms with Crippen molar-refractivity contribution in [2.24, 2.45) is 0 Å². The van der Waals surface area contributed by atoms with E-state index in [1.165, 1.54) is 10.7 Å². The van der Waals surface area contributed by atoms with Crippen molar-refractivity contribution in [1.29, 1.82) is 5.26 Å². The number of nitriles is 1. The third-order valence-corrected chi connectivity index (χ3v) is 2.97. The number of hydrogen-bond acceptors (Lipinski definition) is 4. The fraction of sp³-hybridized carbons (Fsp3) is 0.200. The third-order valence-electron chi connectivity index (χ3n) is 2.97. The number of aromatic amines is 1. The fourth-order valence-electron chi connectivity index (χ4n) is 1.88. The Bertz CT molecular complexity index is 812. The Labute approximate surface area is 125 Å². The first-order chi connectivity index (χ1) is 10.6. The van der Waals surface area contributed by atoms with E-state index in [1.54, 1.807) is 24.3 Å². The molecule has 1 heterocycles. The normalized spacial score (nSPS) is 9.95. The number of hydrogen-bond donors (Lipinski definition) is 2. The van der Waals surface area contributed by atoms with Crippen LogP contribution in [0.15, 0.2) is 46.0 Å². The molecule has 22 heavy (non-hydrogen) atoms.